The van der Waals surface area contributed by atoms with Crippen molar-refractivity contribution in [2.24, 2.45) is 18.9 Å². The Hall–Kier alpha value is -0.830. The second-order valence-electron chi connectivity index (χ2n) is 5.69. The molecule has 0 saturated heterocycles. The fraction of sp³-hybridized carbons (Fsp3) is 0.800. The standard InChI is InChI=1S/C15H27N3/c1-3-9-16-12-14(13-6-4-5-7-13)11-15-8-10-18(2)17-15/h8,10,13-14,16H,3-7,9,11-12H2,1-2H3. The molecule has 1 fully saturated rings. The lowest BCUT2D eigenvalue weighted by Gasteiger charge is -2.23. The molecule has 1 heterocycles. The predicted octanol–water partition coefficient (Wildman–Crippen LogP) is 2.77. The maximum Gasteiger partial charge on any atom is 0.0627 e. The van der Waals surface area contributed by atoms with Gasteiger partial charge in [-0.1, -0.05) is 32.6 Å². The smallest absolute Gasteiger partial charge is 0.0627 e. The van der Waals surface area contributed by atoms with Gasteiger partial charge in [0.25, 0.3) is 0 Å². The van der Waals surface area contributed by atoms with Crippen LogP contribution in [0.1, 0.15) is 44.7 Å². The minimum atomic E-state index is 0.772. The Balaban J connectivity index is 1.90. The summed E-state index contributed by atoms with van der Waals surface area (Å²) in [7, 11) is 2.00. The molecule has 1 aromatic rings. The van der Waals surface area contributed by atoms with Crippen LogP contribution in [0.3, 0.4) is 0 Å². The van der Waals surface area contributed by atoms with E-state index in [0.717, 1.165) is 31.3 Å². The number of hydrogen-bond donors (Lipinski definition) is 1. The maximum absolute atomic E-state index is 4.54. The third kappa shape index (κ3) is 3.84. The zero-order valence-electron chi connectivity index (χ0n) is 11.9. The molecule has 3 heteroatoms. The first-order chi connectivity index (χ1) is 8.79. The highest BCUT2D eigenvalue weighted by molar-refractivity contribution is 5.01. The van der Waals surface area contributed by atoms with Gasteiger partial charge in [-0.25, -0.2) is 0 Å². The fourth-order valence-corrected chi connectivity index (χ4v) is 3.14. The minimum absolute atomic E-state index is 0.772. The van der Waals surface area contributed by atoms with Crippen molar-refractivity contribution in [3.05, 3.63) is 18.0 Å². The Morgan fingerprint density at radius 1 is 1.44 bits per heavy atom. The number of nitrogens with zero attached hydrogens (tertiary/aromatic N) is 2. The zero-order chi connectivity index (χ0) is 12.8. The molecule has 1 aliphatic rings. The summed E-state index contributed by atoms with van der Waals surface area (Å²) in [6.07, 6.45) is 10.1. The van der Waals surface area contributed by atoms with Crippen molar-refractivity contribution in [1.82, 2.24) is 15.1 Å². The Labute approximate surface area is 111 Å². The molecule has 0 spiro atoms. The van der Waals surface area contributed by atoms with Crippen molar-refractivity contribution in [3.63, 3.8) is 0 Å². The van der Waals surface area contributed by atoms with Crippen LogP contribution in [-0.2, 0) is 13.5 Å². The molecule has 1 aromatic heterocycles. The SMILES string of the molecule is CCCNCC(Cc1ccn(C)n1)C1CCCC1. The summed E-state index contributed by atoms with van der Waals surface area (Å²) < 4.78 is 1.92. The summed E-state index contributed by atoms with van der Waals surface area (Å²) in [6.45, 7) is 4.54. The summed E-state index contributed by atoms with van der Waals surface area (Å²) in [6, 6.07) is 2.17. The van der Waals surface area contributed by atoms with E-state index in [-0.39, 0.29) is 0 Å². The van der Waals surface area contributed by atoms with Crippen molar-refractivity contribution < 1.29 is 0 Å². The van der Waals surface area contributed by atoms with Crippen LogP contribution in [0.2, 0.25) is 0 Å². The summed E-state index contributed by atoms with van der Waals surface area (Å²) >= 11 is 0. The third-order valence-corrected chi connectivity index (χ3v) is 4.14. The molecule has 18 heavy (non-hydrogen) atoms. The highest BCUT2D eigenvalue weighted by atomic mass is 15.2. The molecule has 0 bridgehead atoms. The van der Waals surface area contributed by atoms with E-state index in [4.69, 9.17) is 0 Å². The lowest BCUT2D eigenvalue weighted by Crippen LogP contribution is -2.29. The van der Waals surface area contributed by atoms with Gasteiger partial charge in [0, 0.05) is 13.2 Å². The average molecular weight is 249 g/mol. The van der Waals surface area contributed by atoms with Crippen LogP contribution in [0.15, 0.2) is 12.3 Å². The van der Waals surface area contributed by atoms with Gasteiger partial charge >= 0.3 is 0 Å². The lowest BCUT2D eigenvalue weighted by molar-refractivity contribution is 0.318. The van der Waals surface area contributed by atoms with E-state index in [0.29, 0.717) is 0 Å². The topological polar surface area (TPSA) is 29.9 Å². The van der Waals surface area contributed by atoms with E-state index in [1.165, 1.54) is 37.8 Å². The highest BCUT2D eigenvalue weighted by Crippen LogP contribution is 2.32. The normalized spacial score (nSPS) is 18.3. The molecule has 1 atom stereocenters. The Morgan fingerprint density at radius 2 is 2.22 bits per heavy atom. The van der Waals surface area contributed by atoms with Crippen LogP contribution in [0, 0.1) is 11.8 Å². The largest absolute Gasteiger partial charge is 0.316 e. The molecule has 1 aliphatic carbocycles. The Kier molecular flexibility index (Phi) is 5.24. The molecule has 0 aliphatic heterocycles. The number of aromatic nitrogens is 2. The van der Waals surface area contributed by atoms with E-state index >= 15 is 0 Å². The second-order valence-corrected chi connectivity index (χ2v) is 5.69. The van der Waals surface area contributed by atoms with Gasteiger partial charge in [0.05, 0.1) is 5.69 Å². The average Bonchev–Trinajstić information content (AvgIpc) is 2.99. The van der Waals surface area contributed by atoms with E-state index in [1.807, 2.05) is 11.7 Å². The number of aryl methyl sites for hydroxylation is 1. The summed E-state index contributed by atoms with van der Waals surface area (Å²) in [5.74, 6) is 1.69. The van der Waals surface area contributed by atoms with Gasteiger partial charge in [0.1, 0.15) is 0 Å². The van der Waals surface area contributed by atoms with E-state index in [1.54, 1.807) is 0 Å². The molecule has 1 unspecified atom stereocenters. The van der Waals surface area contributed by atoms with Crippen molar-refractivity contribution in [1.29, 1.82) is 0 Å². The van der Waals surface area contributed by atoms with Crippen LogP contribution in [-0.4, -0.2) is 22.9 Å². The van der Waals surface area contributed by atoms with Crippen LogP contribution in [0.4, 0.5) is 0 Å². The van der Waals surface area contributed by atoms with Crippen molar-refractivity contribution in [2.45, 2.75) is 45.4 Å². The van der Waals surface area contributed by atoms with Gasteiger partial charge in [-0.3, -0.25) is 4.68 Å². The number of rotatable bonds is 7. The maximum atomic E-state index is 4.54. The molecule has 102 valence electrons. The molecule has 3 nitrogen and oxygen atoms in total. The Morgan fingerprint density at radius 3 is 2.83 bits per heavy atom. The quantitative estimate of drug-likeness (QED) is 0.753. The first-order valence-electron chi connectivity index (χ1n) is 7.49. The molecule has 0 amide bonds. The molecule has 0 radical (unpaired) electrons. The van der Waals surface area contributed by atoms with Crippen molar-refractivity contribution in [2.75, 3.05) is 13.1 Å². The highest BCUT2D eigenvalue weighted by Gasteiger charge is 2.25. The number of hydrogen-bond acceptors (Lipinski definition) is 2. The first-order valence-corrected chi connectivity index (χ1v) is 7.49. The Bertz CT molecular complexity index is 339. The monoisotopic (exact) mass is 249 g/mol. The van der Waals surface area contributed by atoms with Crippen LogP contribution in [0.5, 0.6) is 0 Å². The molecular formula is C15H27N3. The van der Waals surface area contributed by atoms with Gasteiger partial charge in [-0.05, 0) is 43.8 Å². The van der Waals surface area contributed by atoms with E-state index in [2.05, 4.69) is 29.6 Å². The van der Waals surface area contributed by atoms with Crippen molar-refractivity contribution in [3.8, 4) is 0 Å². The molecule has 1 N–H and O–H groups in total. The van der Waals surface area contributed by atoms with Gasteiger partial charge in [-0.15, -0.1) is 0 Å². The third-order valence-electron chi connectivity index (χ3n) is 4.14. The van der Waals surface area contributed by atoms with E-state index in [9.17, 15) is 0 Å². The summed E-state index contributed by atoms with van der Waals surface area (Å²) in [5.41, 5.74) is 1.26. The zero-order valence-corrected chi connectivity index (χ0v) is 11.9. The number of nitrogens with one attached hydrogen (secondary N) is 1. The fourth-order valence-electron chi connectivity index (χ4n) is 3.14. The molecular weight excluding hydrogens is 222 g/mol. The van der Waals surface area contributed by atoms with Crippen LogP contribution < -0.4 is 5.32 Å². The van der Waals surface area contributed by atoms with Gasteiger partial charge in [0.2, 0.25) is 0 Å². The molecule has 0 aromatic carbocycles. The van der Waals surface area contributed by atoms with Crippen LogP contribution >= 0.6 is 0 Å². The van der Waals surface area contributed by atoms with Crippen LogP contribution in [0.25, 0.3) is 0 Å². The summed E-state index contributed by atoms with van der Waals surface area (Å²) in [4.78, 5) is 0. The van der Waals surface area contributed by atoms with Crippen molar-refractivity contribution >= 4 is 0 Å². The van der Waals surface area contributed by atoms with Gasteiger partial charge < -0.3 is 5.32 Å². The first kappa shape index (κ1) is 13.6. The lowest BCUT2D eigenvalue weighted by atomic mass is 9.87. The minimum Gasteiger partial charge on any atom is -0.316 e. The molecule has 2 rings (SSSR count). The van der Waals surface area contributed by atoms with Gasteiger partial charge in [0.15, 0.2) is 0 Å². The van der Waals surface area contributed by atoms with E-state index < -0.39 is 0 Å². The molecule has 1 saturated carbocycles. The summed E-state index contributed by atoms with van der Waals surface area (Å²) in [5, 5.41) is 8.14. The predicted molar refractivity (Wildman–Crippen MR) is 75.5 cm³/mol. The second kappa shape index (κ2) is 6.93. The van der Waals surface area contributed by atoms with Gasteiger partial charge in [-0.2, -0.15) is 5.10 Å².